The highest BCUT2D eigenvalue weighted by Crippen LogP contribution is 2.13. The molecule has 4 nitrogen and oxygen atoms in total. The van der Waals surface area contributed by atoms with Crippen molar-refractivity contribution in [1.29, 1.82) is 0 Å². The van der Waals surface area contributed by atoms with Crippen molar-refractivity contribution in [3.8, 4) is 0 Å². The van der Waals surface area contributed by atoms with E-state index in [1.165, 1.54) is 6.33 Å². The van der Waals surface area contributed by atoms with E-state index in [0.29, 0.717) is 12.2 Å². The molecule has 1 N–H and O–H groups in total. The Balaban J connectivity index is 2.40. The Labute approximate surface area is 93.7 Å². The Bertz CT molecular complexity index is 505. The molecule has 1 heterocycles. The molecule has 0 aliphatic rings. The number of benzene rings is 1. The number of aromatic nitrogens is 2. The molecular formula is C12H13N3O. The molecular weight excluding hydrogens is 202 g/mol. The second kappa shape index (κ2) is 4.70. The highest BCUT2D eigenvalue weighted by Gasteiger charge is 2.10. The predicted molar refractivity (Wildman–Crippen MR) is 62.2 cm³/mol. The van der Waals surface area contributed by atoms with E-state index in [-0.39, 0.29) is 5.91 Å². The summed E-state index contributed by atoms with van der Waals surface area (Å²) < 4.78 is 0. The molecule has 0 saturated carbocycles. The lowest BCUT2D eigenvalue weighted by Gasteiger charge is -2.05. The topological polar surface area (TPSA) is 54.9 Å². The molecule has 0 spiro atoms. The molecule has 0 unspecified atom stereocenters. The van der Waals surface area contributed by atoms with Crippen molar-refractivity contribution >= 4 is 16.8 Å². The van der Waals surface area contributed by atoms with Gasteiger partial charge in [0.1, 0.15) is 12.0 Å². The standard InChI is InChI=1S/C12H13N3O/c1-2-7-13-12(16)11-9-5-3-4-6-10(9)14-8-15-11/h3-6,8H,2,7H2,1H3,(H,13,16). The molecule has 4 heteroatoms. The fourth-order valence-corrected chi connectivity index (χ4v) is 1.51. The Morgan fingerprint density at radius 1 is 1.31 bits per heavy atom. The third-order valence-electron chi connectivity index (χ3n) is 2.29. The molecule has 2 rings (SSSR count). The summed E-state index contributed by atoms with van der Waals surface area (Å²) in [7, 11) is 0. The first-order valence-corrected chi connectivity index (χ1v) is 5.31. The van der Waals surface area contributed by atoms with Crippen LogP contribution in [0.4, 0.5) is 0 Å². The molecule has 0 radical (unpaired) electrons. The van der Waals surface area contributed by atoms with Gasteiger partial charge < -0.3 is 5.32 Å². The highest BCUT2D eigenvalue weighted by molar-refractivity contribution is 6.04. The Hall–Kier alpha value is -1.97. The van der Waals surface area contributed by atoms with Gasteiger partial charge in [0.05, 0.1) is 5.52 Å². The summed E-state index contributed by atoms with van der Waals surface area (Å²) in [6.07, 6.45) is 2.33. The van der Waals surface area contributed by atoms with E-state index in [2.05, 4.69) is 15.3 Å². The zero-order valence-electron chi connectivity index (χ0n) is 9.10. The molecule has 2 aromatic rings. The monoisotopic (exact) mass is 215 g/mol. The average Bonchev–Trinajstić information content (AvgIpc) is 2.35. The van der Waals surface area contributed by atoms with Gasteiger partial charge in [-0.1, -0.05) is 25.1 Å². The van der Waals surface area contributed by atoms with E-state index in [0.717, 1.165) is 17.3 Å². The summed E-state index contributed by atoms with van der Waals surface area (Å²) in [6, 6.07) is 7.50. The van der Waals surface area contributed by atoms with Crippen LogP contribution in [0.25, 0.3) is 10.9 Å². The van der Waals surface area contributed by atoms with E-state index in [1.54, 1.807) is 0 Å². The minimum absolute atomic E-state index is 0.138. The number of hydrogen-bond acceptors (Lipinski definition) is 3. The smallest absolute Gasteiger partial charge is 0.270 e. The van der Waals surface area contributed by atoms with Gasteiger partial charge in [-0.15, -0.1) is 0 Å². The molecule has 0 aliphatic carbocycles. The van der Waals surface area contributed by atoms with Gasteiger partial charge in [-0.3, -0.25) is 4.79 Å². The first-order chi connectivity index (χ1) is 7.83. The van der Waals surface area contributed by atoms with Gasteiger partial charge in [0.15, 0.2) is 0 Å². The number of amides is 1. The van der Waals surface area contributed by atoms with Crippen LogP contribution < -0.4 is 5.32 Å². The van der Waals surface area contributed by atoms with E-state index in [1.807, 2.05) is 31.2 Å². The lowest BCUT2D eigenvalue weighted by Crippen LogP contribution is -2.25. The maximum absolute atomic E-state index is 11.8. The zero-order chi connectivity index (χ0) is 11.4. The maximum Gasteiger partial charge on any atom is 0.270 e. The molecule has 0 aliphatic heterocycles. The number of hydrogen-bond donors (Lipinski definition) is 1. The molecule has 1 aromatic heterocycles. The maximum atomic E-state index is 11.8. The van der Waals surface area contributed by atoms with Crippen LogP contribution in [0, 0.1) is 0 Å². The molecule has 16 heavy (non-hydrogen) atoms. The molecule has 0 saturated heterocycles. The van der Waals surface area contributed by atoms with Gasteiger partial charge in [-0.05, 0) is 12.5 Å². The first-order valence-electron chi connectivity index (χ1n) is 5.31. The van der Waals surface area contributed by atoms with Gasteiger partial charge in [-0.25, -0.2) is 9.97 Å². The number of nitrogens with one attached hydrogen (secondary N) is 1. The minimum atomic E-state index is -0.138. The average molecular weight is 215 g/mol. The van der Waals surface area contributed by atoms with Crippen LogP contribution in [0.2, 0.25) is 0 Å². The molecule has 0 atom stereocenters. The predicted octanol–water partition coefficient (Wildman–Crippen LogP) is 1.77. The van der Waals surface area contributed by atoms with Gasteiger partial charge in [0, 0.05) is 11.9 Å². The van der Waals surface area contributed by atoms with E-state index < -0.39 is 0 Å². The molecule has 82 valence electrons. The number of fused-ring (bicyclic) bond motifs is 1. The highest BCUT2D eigenvalue weighted by atomic mass is 16.1. The Morgan fingerprint density at radius 3 is 2.94 bits per heavy atom. The molecule has 0 bridgehead atoms. The summed E-state index contributed by atoms with van der Waals surface area (Å²) in [5.74, 6) is -0.138. The molecule has 1 aromatic carbocycles. The van der Waals surface area contributed by atoms with Crippen LogP contribution in [0.3, 0.4) is 0 Å². The van der Waals surface area contributed by atoms with Crippen LogP contribution in [-0.4, -0.2) is 22.4 Å². The number of nitrogens with zero attached hydrogens (tertiary/aromatic N) is 2. The lowest BCUT2D eigenvalue weighted by atomic mass is 10.2. The minimum Gasteiger partial charge on any atom is -0.351 e. The van der Waals surface area contributed by atoms with Crippen molar-refractivity contribution in [3.63, 3.8) is 0 Å². The van der Waals surface area contributed by atoms with E-state index in [4.69, 9.17) is 0 Å². The number of carbonyl (C=O) groups excluding carboxylic acids is 1. The zero-order valence-corrected chi connectivity index (χ0v) is 9.10. The quantitative estimate of drug-likeness (QED) is 0.848. The lowest BCUT2D eigenvalue weighted by molar-refractivity contribution is 0.0950. The van der Waals surface area contributed by atoms with Crippen LogP contribution in [0.5, 0.6) is 0 Å². The summed E-state index contributed by atoms with van der Waals surface area (Å²) in [5.41, 5.74) is 1.23. The van der Waals surface area contributed by atoms with Crippen molar-refractivity contribution in [2.75, 3.05) is 6.54 Å². The van der Waals surface area contributed by atoms with Crippen molar-refractivity contribution in [2.24, 2.45) is 0 Å². The third kappa shape index (κ3) is 2.00. The van der Waals surface area contributed by atoms with E-state index in [9.17, 15) is 4.79 Å². The van der Waals surface area contributed by atoms with Crippen molar-refractivity contribution in [2.45, 2.75) is 13.3 Å². The van der Waals surface area contributed by atoms with Crippen LogP contribution in [0.1, 0.15) is 23.8 Å². The van der Waals surface area contributed by atoms with Gasteiger partial charge in [0.2, 0.25) is 0 Å². The first kappa shape index (κ1) is 10.5. The molecule has 0 fully saturated rings. The second-order valence-electron chi connectivity index (χ2n) is 3.50. The van der Waals surface area contributed by atoms with Gasteiger partial charge in [0.25, 0.3) is 5.91 Å². The van der Waals surface area contributed by atoms with Gasteiger partial charge >= 0.3 is 0 Å². The Morgan fingerprint density at radius 2 is 2.12 bits per heavy atom. The normalized spacial score (nSPS) is 10.3. The fourth-order valence-electron chi connectivity index (χ4n) is 1.51. The van der Waals surface area contributed by atoms with Gasteiger partial charge in [-0.2, -0.15) is 0 Å². The fraction of sp³-hybridized carbons (Fsp3) is 0.250. The van der Waals surface area contributed by atoms with Crippen molar-refractivity contribution in [1.82, 2.24) is 15.3 Å². The van der Waals surface area contributed by atoms with Crippen molar-refractivity contribution < 1.29 is 4.79 Å². The van der Waals surface area contributed by atoms with E-state index >= 15 is 0 Å². The molecule has 1 amide bonds. The number of rotatable bonds is 3. The largest absolute Gasteiger partial charge is 0.351 e. The summed E-state index contributed by atoms with van der Waals surface area (Å²) in [6.45, 7) is 2.68. The Kier molecular flexibility index (Phi) is 3.10. The van der Waals surface area contributed by atoms with Crippen LogP contribution in [-0.2, 0) is 0 Å². The summed E-state index contributed by atoms with van der Waals surface area (Å²) >= 11 is 0. The summed E-state index contributed by atoms with van der Waals surface area (Å²) in [5, 5.41) is 3.60. The van der Waals surface area contributed by atoms with Crippen LogP contribution >= 0.6 is 0 Å². The third-order valence-corrected chi connectivity index (χ3v) is 2.29. The second-order valence-corrected chi connectivity index (χ2v) is 3.50. The summed E-state index contributed by atoms with van der Waals surface area (Å²) in [4.78, 5) is 20.0. The number of para-hydroxylation sites is 1. The SMILES string of the molecule is CCCNC(=O)c1ncnc2ccccc12. The van der Waals surface area contributed by atoms with Crippen LogP contribution in [0.15, 0.2) is 30.6 Å². The van der Waals surface area contributed by atoms with Crippen molar-refractivity contribution in [3.05, 3.63) is 36.3 Å². The number of carbonyl (C=O) groups is 1.